The zero-order valence-electron chi connectivity index (χ0n) is 17.0. The summed E-state index contributed by atoms with van der Waals surface area (Å²) in [6.45, 7) is 1.49. The molecule has 0 bridgehead atoms. The third-order valence-corrected chi connectivity index (χ3v) is 6.49. The molecule has 0 saturated carbocycles. The summed E-state index contributed by atoms with van der Waals surface area (Å²) in [5, 5.41) is 0.461. The van der Waals surface area contributed by atoms with Gasteiger partial charge in [0.2, 0.25) is 15.8 Å². The van der Waals surface area contributed by atoms with Gasteiger partial charge in [-0.2, -0.15) is 0 Å². The molecule has 31 heavy (non-hydrogen) atoms. The van der Waals surface area contributed by atoms with Crippen molar-refractivity contribution in [2.24, 2.45) is 0 Å². The maximum absolute atomic E-state index is 13.9. The Labute approximate surface area is 178 Å². The number of halogens is 1. The first-order valence-corrected chi connectivity index (χ1v) is 11.5. The van der Waals surface area contributed by atoms with Gasteiger partial charge in [0, 0.05) is 23.1 Å². The average molecular weight is 445 g/mol. The van der Waals surface area contributed by atoms with Gasteiger partial charge in [0.25, 0.3) is 0 Å². The molecule has 1 aliphatic rings. The molecule has 162 valence electrons. The first-order valence-electron chi connectivity index (χ1n) is 9.65. The van der Waals surface area contributed by atoms with Crippen molar-refractivity contribution < 1.29 is 31.6 Å². The zero-order valence-corrected chi connectivity index (χ0v) is 17.8. The Kier molecular flexibility index (Phi) is 5.30. The fourth-order valence-corrected chi connectivity index (χ4v) is 4.76. The number of esters is 1. The summed E-state index contributed by atoms with van der Waals surface area (Å²) in [6, 6.07) is 9.11. The highest BCUT2D eigenvalue weighted by atomic mass is 32.2. The van der Waals surface area contributed by atoms with E-state index in [9.17, 15) is 22.4 Å². The smallest absolute Gasteiger partial charge is 0.375 e. The third kappa shape index (κ3) is 3.93. The highest BCUT2D eigenvalue weighted by Gasteiger charge is 2.25. The molecular formula is C22H20FNO6S. The number of nitrogens with zero attached hydrogens (tertiary/aromatic N) is 1. The van der Waals surface area contributed by atoms with Gasteiger partial charge < -0.3 is 9.15 Å². The van der Waals surface area contributed by atoms with E-state index in [1.165, 1.54) is 22.5 Å². The molecule has 4 rings (SSSR count). The molecule has 0 unspecified atom stereocenters. The minimum Gasteiger partial charge on any atom is -0.451 e. The molecule has 0 N–H and O–H groups in total. The van der Waals surface area contributed by atoms with Crippen LogP contribution >= 0.6 is 0 Å². The Morgan fingerprint density at radius 2 is 2.00 bits per heavy atom. The highest BCUT2D eigenvalue weighted by Crippen LogP contribution is 2.30. The number of rotatable bonds is 5. The second-order valence-electron chi connectivity index (χ2n) is 7.45. The molecule has 0 saturated heterocycles. The van der Waals surface area contributed by atoms with Crippen LogP contribution in [0.25, 0.3) is 11.0 Å². The van der Waals surface area contributed by atoms with Gasteiger partial charge in [0.15, 0.2) is 23.8 Å². The zero-order chi connectivity index (χ0) is 22.3. The number of aryl methyl sites for hydroxylation is 2. The van der Waals surface area contributed by atoms with Crippen molar-refractivity contribution in [3.05, 3.63) is 64.7 Å². The molecule has 0 spiro atoms. The van der Waals surface area contributed by atoms with Crippen LogP contribution in [-0.4, -0.2) is 39.6 Å². The minimum atomic E-state index is -3.40. The Hall–Kier alpha value is -3.20. The van der Waals surface area contributed by atoms with E-state index in [1.807, 2.05) is 0 Å². The predicted octanol–water partition coefficient (Wildman–Crippen LogP) is 3.63. The van der Waals surface area contributed by atoms with E-state index in [-0.39, 0.29) is 11.3 Å². The van der Waals surface area contributed by atoms with Crippen LogP contribution in [0.15, 0.2) is 40.8 Å². The summed E-state index contributed by atoms with van der Waals surface area (Å²) in [4.78, 5) is 25.0. The van der Waals surface area contributed by atoms with Crippen LogP contribution in [-0.2, 0) is 21.2 Å². The quantitative estimate of drug-likeness (QED) is 0.440. The van der Waals surface area contributed by atoms with Gasteiger partial charge in [0.1, 0.15) is 0 Å². The fraction of sp³-hybridized carbons (Fsp3) is 0.273. The number of carbonyl (C=O) groups excluding carboxylic acids is 2. The van der Waals surface area contributed by atoms with Gasteiger partial charge in [-0.1, -0.05) is 12.1 Å². The van der Waals surface area contributed by atoms with Crippen LogP contribution in [0.3, 0.4) is 0 Å². The van der Waals surface area contributed by atoms with Gasteiger partial charge in [0.05, 0.1) is 11.9 Å². The van der Waals surface area contributed by atoms with Crippen LogP contribution in [0, 0.1) is 12.7 Å². The summed E-state index contributed by atoms with van der Waals surface area (Å²) in [5.41, 5.74) is 2.01. The minimum absolute atomic E-state index is 0.0385. The largest absolute Gasteiger partial charge is 0.451 e. The summed E-state index contributed by atoms with van der Waals surface area (Å²) >= 11 is 0. The van der Waals surface area contributed by atoms with E-state index in [4.69, 9.17) is 9.15 Å². The normalized spacial score (nSPS) is 13.8. The second-order valence-corrected chi connectivity index (χ2v) is 9.36. The predicted molar refractivity (Wildman–Crippen MR) is 112 cm³/mol. The SMILES string of the molecule is Cc1c(C(=O)OCC(=O)c2ccc3c(c2)CCCN3S(C)(=O)=O)oc2c(F)cccc12. The molecule has 2 aromatic carbocycles. The van der Waals surface area contributed by atoms with Crippen molar-refractivity contribution in [2.75, 3.05) is 23.7 Å². The summed E-state index contributed by atoms with van der Waals surface area (Å²) in [5.74, 6) is -2.04. The van der Waals surface area contributed by atoms with Gasteiger partial charge in [-0.15, -0.1) is 0 Å². The van der Waals surface area contributed by atoms with E-state index in [0.29, 0.717) is 41.6 Å². The van der Waals surface area contributed by atoms with Crippen molar-refractivity contribution in [3.8, 4) is 0 Å². The van der Waals surface area contributed by atoms with E-state index in [0.717, 1.165) is 11.8 Å². The molecule has 2 heterocycles. The van der Waals surface area contributed by atoms with Crippen LogP contribution in [0.1, 0.15) is 38.5 Å². The molecule has 0 amide bonds. The number of furan rings is 1. The van der Waals surface area contributed by atoms with Crippen molar-refractivity contribution in [1.29, 1.82) is 0 Å². The molecule has 9 heteroatoms. The molecule has 0 fully saturated rings. The van der Waals surface area contributed by atoms with Gasteiger partial charge in [-0.25, -0.2) is 17.6 Å². The monoisotopic (exact) mass is 445 g/mol. The highest BCUT2D eigenvalue weighted by molar-refractivity contribution is 7.92. The van der Waals surface area contributed by atoms with E-state index in [2.05, 4.69) is 0 Å². The first kappa shape index (κ1) is 21.0. The summed E-state index contributed by atoms with van der Waals surface area (Å²) in [6.07, 6.45) is 2.44. The number of benzene rings is 2. The first-order chi connectivity index (χ1) is 14.7. The number of hydrogen-bond donors (Lipinski definition) is 0. The molecule has 0 aliphatic carbocycles. The number of sulfonamides is 1. The van der Waals surface area contributed by atoms with Crippen LogP contribution < -0.4 is 4.31 Å². The number of fused-ring (bicyclic) bond motifs is 2. The van der Waals surface area contributed by atoms with Gasteiger partial charge >= 0.3 is 5.97 Å². The molecule has 0 atom stereocenters. The van der Waals surface area contributed by atoms with E-state index in [1.54, 1.807) is 25.1 Å². The Morgan fingerprint density at radius 3 is 2.71 bits per heavy atom. The number of para-hydroxylation sites is 1. The molecular weight excluding hydrogens is 425 g/mol. The van der Waals surface area contributed by atoms with E-state index < -0.39 is 34.2 Å². The van der Waals surface area contributed by atoms with Gasteiger partial charge in [-0.3, -0.25) is 9.10 Å². The Balaban J connectivity index is 1.50. The van der Waals surface area contributed by atoms with Crippen LogP contribution in [0.4, 0.5) is 10.1 Å². The molecule has 1 aromatic heterocycles. The second kappa shape index (κ2) is 7.81. The maximum atomic E-state index is 13.9. The number of anilines is 1. The van der Waals surface area contributed by atoms with Crippen molar-refractivity contribution in [1.82, 2.24) is 0 Å². The number of ketones is 1. The lowest BCUT2D eigenvalue weighted by Gasteiger charge is -2.29. The Bertz CT molecular complexity index is 1310. The molecule has 3 aromatic rings. The van der Waals surface area contributed by atoms with Crippen molar-refractivity contribution >= 4 is 38.4 Å². The molecule has 0 radical (unpaired) electrons. The fourth-order valence-electron chi connectivity index (χ4n) is 3.76. The Morgan fingerprint density at radius 1 is 1.23 bits per heavy atom. The topological polar surface area (TPSA) is 93.9 Å². The number of Topliss-reactive ketones (excluding diaryl/α,β-unsaturated/α-hetero) is 1. The van der Waals surface area contributed by atoms with Crippen molar-refractivity contribution in [3.63, 3.8) is 0 Å². The summed E-state index contributed by atoms with van der Waals surface area (Å²) in [7, 11) is -3.40. The van der Waals surface area contributed by atoms with Crippen LogP contribution in [0.2, 0.25) is 0 Å². The van der Waals surface area contributed by atoms with E-state index >= 15 is 0 Å². The van der Waals surface area contributed by atoms with Gasteiger partial charge in [-0.05, 0) is 49.6 Å². The lowest BCUT2D eigenvalue weighted by molar-refractivity contribution is 0.0445. The number of hydrogen-bond acceptors (Lipinski definition) is 6. The molecule has 1 aliphatic heterocycles. The maximum Gasteiger partial charge on any atom is 0.375 e. The van der Waals surface area contributed by atoms with Crippen molar-refractivity contribution in [2.45, 2.75) is 19.8 Å². The number of carbonyl (C=O) groups is 2. The number of ether oxygens (including phenoxy) is 1. The third-order valence-electron chi connectivity index (χ3n) is 5.31. The summed E-state index contributed by atoms with van der Waals surface area (Å²) < 4.78 is 49.6. The lowest BCUT2D eigenvalue weighted by atomic mass is 9.99. The standard InChI is InChI=1S/C22H20FNO6S/c1-13-16-6-3-7-17(23)21(16)30-20(13)22(26)29-12-19(25)15-8-9-18-14(11-15)5-4-10-24(18)31(2,27)28/h3,6-9,11H,4-5,10,12H2,1-2H3. The lowest BCUT2D eigenvalue weighted by Crippen LogP contribution is -2.34. The average Bonchev–Trinajstić information content (AvgIpc) is 3.08. The van der Waals surface area contributed by atoms with Crippen LogP contribution in [0.5, 0.6) is 0 Å². The molecule has 7 nitrogen and oxygen atoms in total.